The van der Waals surface area contributed by atoms with Crippen molar-refractivity contribution in [2.24, 2.45) is 39.7 Å². The first-order chi connectivity index (χ1) is 21.2. The topological polar surface area (TPSA) is 180 Å². The van der Waals surface area contributed by atoms with Crippen LogP contribution in [0, 0.1) is 34.0 Å². The molecule has 0 spiro atoms. The Bertz CT molecular complexity index is 1230. The molecular weight excluding hydrogens is 592 g/mol. The van der Waals surface area contributed by atoms with Gasteiger partial charge >= 0.3 is 12.1 Å². The summed E-state index contributed by atoms with van der Waals surface area (Å²) in [7, 11) is 0. The number of nitrogens with zero attached hydrogens (tertiary/aromatic N) is 2. The van der Waals surface area contributed by atoms with Gasteiger partial charge in [0.1, 0.15) is 12.1 Å². The number of primary amides is 1. The van der Waals surface area contributed by atoms with Crippen molar-refractivity contribution in [2.45, 2.75) is 112 Å². The lowest BCUT2D eigenvalue weighted by Crippen LogP contribution is -2.63. The monoisotopic (exact) mass is 646 g/mol. The molecule has 2 aliphatic heterocycles. The number of Topliss-reactive ketones (excluding diaryl/α,β-unsaturated/α-hetero) is 1. The van der Waals surface area contributed by atoms with Gasteiger partial charge in [-0.25, -0.2) is 9.59 Å². The number of amides is 6. The highest BCUT2D eigenvalue weighted by molar-refractivity contribution is 6.37. The van der Waals surface area contributed by atoms with Crippen molar-refractivity contribution in [1.82, 2.24) is 25.8 Å². The van der Waals surface area contributed by atoms with Crippen molar-refractivity contribution in [3.63, 3.8) is 0 Å². The number of hydrogen-bond donors (Lipinski definition) is 4. The molecule has 46 heavy (non-hydrogen) atoms. The fourth-order valence-electron chi connectivity index (χ4n) is 7.20. The van der Waals surface area contributed by atoms with Gasteiger partial charge in [0.05, 0.1) is 18.7 Å². The fourth-order valence-corrected chi connectivity index (χ4v) is 7.20. The van der Waals surface area contributed by atoms with Crippen LogP contribution >= 0.6 is 0 Å². The summed E-state index contributed by atoms with van der Waals surface area (Å²) in [6.07, 6.45) is 3.50. The van der Waals surface area contributed by atoms with Crippen LogP contribution in [0.4, 0.5) is 9.59 Å². The zero-order valence-corrected chi connectivity index (χ0v) is 28.7. The van der Waals surface area contributed by atoms with E-state index in [1.165, 1.54) is 4.90 Å². The molecule has 5 unspecified atom stereocenters. The number of carbonyl (C=O) groups is 6. The van der Waals surface area contributed by atoms with Crippen LogP contribution in [0.15, 0.2) is 0 Å². The normalized spacial score (nSPS) is 26.1. The number of piperidine rings is 1. The van der Waals surface area contributed by atoms with Gasteiger partial charge in [-0.3, -0.25) is 19.2 Å². The molecule has 0 bridgehead atoms. The molecule has 5 N–H and O–H groups in total. The van der Waals surface area contributed by atoms with E-state index in [1.54, 1.807) is 4.90 Å². The maximum Gasteiger partial charge on any atom is 0.409 e. The van der Waals surface area contributed by atoms with Gasteiger partial charge in [0.25, 0.3) is 5.91 Å². The molecule has 13 heteroatoms. The van der Waals surface area contributed by atoms with E-state index in [0.29, 0.717) is 32.5 Å². The lowest BCUT2D eigenvalue weighted by molar-refractivity contribution is -0.145. The molecule has 0 aromatic rings. The molecule has 2 heterocycles. The van der Waals surface area contributed by atoms with Crippen molar-refractivity contribution in [3.05, 3.63) is 0 Å². The van der Waals surface area contributed by atoms with Crippen LogP contribution in [-0.4, -0.2) is 95.8 Å². The van der Waals surface area contributed by atoms with E-state index in [2.05, 4.69) is 29.8 Å². The third kappa shape index (κ3) is 7.60. The molecular formula is C33H54N6O7. The molecule has 4 rings (SSSR count). The van der Waals surface area contributed by atoms with Crippen LogP contribution < -0.4 is 21.7 Å². The van der Waals surface area contributed by atoms with Gasteiger partial charge in [0, 0.05) is 19.6 Å². The summed E-state index contributed by atoms with van der Waals surface area (Å²) < 4.78 is 5.17. The predicted molar refractivity (Wildman–Crippen MR) is 170 cm³/mol. The van der Waals surface area contributed by atoms with Crippen LogP contribution in [-0.2, 0) is 23.9 Å². The number of nitrogens with two attached hydrogens (primary N) is 1. The average molecular weight is 647 g/mol. The zero-order valence-electron chi connectivity index (χ0n) is 28.7. The van der Waals surface area contributed by atoms with Crippen LogP contribution in [0.2, 0.25) is 0 Å². The smallest absolute Gasteiger partial charge is 0.409 e. The van der Waals surface area contributed by atoms with E-state index >= 15 is 0 Å². The summed E-state index contributed by atoms with van der Waals surface area (Å²) in [5, 5.41) is 8.67. The molecule has 0 aromatic carbocycles. The zero-order chi connectivity index (χ0) is 34.4. The summed E-state index contributed by atoms with van der Waals surface area (Å²) in [5.74, 6) is -2.63. The summed E-state index contributed by atoms with van der Waals surface area (Å²) in [5.41, 5.74) is 4.01. The first-order valence-electron chi connectivity index (χ1n) is 16.7. The van der Waals surface area contributed by atoms with E-state index < -0.39 is 70.6 Å². The van der Waals surface area contributed by atoms with Gasteiger partial charge in [-0.05, 0) is 46.8 Å². The Morgan fingerprint density at radius 3 is 2.15 bits per heavy atom. The van der Waals surface area contributed by atoms with Gasteiger partial charge in [-0.1, -0.05) is 74.7 Å². The Labute approximate surface area is 272 Å². The summed E-state index contributed by atoms with van der Waals surface area (Å²) >= 11 is 0. The third-order valence-electron chi connectivity index (χ3n) is 10.6. The van der Waals surface area contributed by atoms with Crippen molar-refractivity contribution in [3.8, 4) is 0 Å². The second kappa shape index (κ2) is 13.0. The molecule has 258 valence electrons. The molecule has 4 fully saturated rings. The Morgan fingerprint density at radius 1 is 0.978 bits per heavy atom. The molecule has 2 saturated heterocycles. The molecule has 2 saturated carbocycles. The molecule has 13 nitrogen and oxygen atoms in total. The van der Waals surface area contributed by atoms with E-state index in [0.717, 1.165) is 19.3 Å². The Hall–Kier alpha value is -3.38. The van der Waals surface area contributed by atoms with Gasteiger partial charge in [-0.15, -0.1) is 0 Å². The van der Waals surface area contributed by atoms with Gasteiger partial charge in [0.15, 0.2) is 0 Å². The summed E-state index contributed by atoms with van der Waals surface area (Å²) in [6, 6.07) is -3.89. The number of rotatable bonds is 11. The maximum absolute atomic E-state index is 14.3. The van der Waals surface area contributed by atoms with Crippen LogP contribution in [0.1, 0.15) is 87.5 Å². The number of hydrogen-bond acceptors (Lipinski definition) is 7. The fraction of sp³-hybridized carbons (Fsp3) is 0.818. The molecule has 4 aliphatic rings. The highest BCUT2D eigenvalue weighted by Crippen LogP contribution is 2.65. The largest absolute Gasteiger partial charge is 0.449 e. The molecule has 0 aromatic heterocycles. The van der Waals surface area contributed by atoms with E-state index in [9.17, 15) is 28.8 Å². The number of ketones is 1. The number of likely N-dealkylation sites (tertiary alicyclic amines) is 1. The predicted octanol–water partition coefficient (Wildman–Crippen LogP) is 2.17. The summed E-state index contributed by atoms with van der Waals surface area (Å²) in [4.78, 5) is 81.7. The highest BCUT2D eigenvalue weighted by Gasteiger charge is 2.70. The van der Waals surface area contributed by atoms with E-state index in [1.807, 2.05) is 41.5 Å². The minimum Gasteiger partial charge on any atom is -0.449 e. The standard InChI is InChI=1S/C33H54N6O7/c1-31(2,3)21(17-38-13-10-14-46-30(38)45)36-29(44)37-25(32(4,5)6)28(43)39-16-19-22(33(19,7)8)23(39)27(42)35-20(24(40)26(34)41)15-18-11-9-12-18/h18-23,25H,9-17H2,1-8H3,(H2,34,41)(H,35,42)(H2,36,37,44)/t19?,20?,21?,22?,23?,25-/m1/s1. The molecule has 0 radical (unpaired) electrons. The Morgan fingerprint density at radius 2 is 1.63 bits per heavy atom. The lowest BCUT2D eigenvalue weighted by atomic mass is 9.80. The number of urea groups is 1. The van der Waals surface area contributed by atoms with E-state index in [-0.39, 0.29) is 29.7 Å². The van der Waals surface area contributed by atoms with Gasteiger partial charge in [-0.2, -0.15) is 0 Å². The maximum atomic E-state index is 14.3. The molecule has 6 amide bonds. The van der Waals surface area contributed by atoms with Crippen molar-refractivity contribution < 1.29 is 33.5 Å². The first kappa shape index (κ1) is 35.5. The second-order valence-electron chi connectivity index (χ2n) is 16.5. The number of carbonyl (C=O) groups excluding carboxylic acids is 6. The minimum absolute atomic E-state index is 0.0770. The van der Waals surface area contributed by atoms with Crippen molar-refractivity contribution in [1.29, 1.82) is 0 Å². The number of nitrogens with one attached hydrogen (secondary N) is 3. The first-order valence-corrected chi connectivity index (χ1v) is 16.7. The third-order valence-corrected chi connectivity index (χ3v) is 10.6. The SMILES string of the molecule is CC(C)(C)C(CN1CCCOC1=O)NC(=O)N[C@H](C(=O)N1CC2C(C1C(=O)NC(CC1CCC1)C(=O)C(N)=O)C2(C)C)C(C)(C)C. The van der Waals surface area contributed by atoms with Crippen molar-refractivity contribution >= 4 is 35.6 Å². The van der Waals surface area contributed by atoms with Crippen LogP contribution in [0.5, 0.6) is 0 Å². The second-order valence-corrected chi connectivity index (χ2v) is 16.5. The number of cyclic esters (lactones) is 1. The summed E-state index contributed by atoms with van der Waals surface area (Å²) in [6.45, 7) is 17.0. The van der Waals surface area contributed by atoms with Gasteiger partial charge in [0.2, 0.25) is 17.6 Å². The lowest BCUT2D eigenvalue weighted by Gasteiger charge is -2.39. The quantitative estimate of drug-likeness (QED) is 0.248. The van der Waals surface area contributed by atoms with Crippen molar-refractivity contribution in [2.75, 3.05) is 26.2 Å². The Balaban J connectivity index is 1.51. The van der Waals surface area contributed by atoms with Crippen LogP contribution in [0.25, 0.3) is 0 Å². The number of ether oxygens (including phenoxy) is 1. The van der Waals surface area contributed by atoms with Crippen LogP contribution in [0.3, 0.4) is 0 Å². The Kier molecular flexibility index (Phi) is 10.0. The van der Waals surface area contributed by atoms with E-state index in [4.69, 9.17) is 10.5 Å². The minimum atomic E-state index is -1.10. The van der Waals surface area contributed by atoms with Gasteiger partial charge < -0.3 is 36.2 Å². The average Bonchev–Trinajstić information content (AvgIpc) is 3.24. The molecule has 6 atom stereocenters. The number of fused-ring (bicyclic) bond motifs is 1. The molecule has 2 aliphatic carbocycles. The highest BCUT2D eigenvalue weighted by atomic mass is 16.6.